The number of hydrogen-bond acceptors (Lipinski definition) is 5. The SMILES string of the molecule is Nc1nc(C(F)(F)F)nn1-c1ccc([N+](=O)[O-])cc1. The number of nitrogen functional groups attached to an aromatic ring is 1. The van der Waals surface area contributed by atoms with E-state index in [4.69, 9.17) is 5.73 Å². The summed E-state index contributed by atoms with van der Waals surface area (Å²) >= 11 is 0. The Balaban J connectivity index is 2.42. The number of rotatable bonds is 2. The van der Waals surface area contributed by atoms with Gasteiger partial charge in [-0.15, -0.1) is 5.10 Å². The van der Waals surface area contributed by atoms with E-state index in [1.54, 1.807) is 0 Å². The number of anilines is 1. The molecule has 0 aliphatic heterocycles. The molecule has 0 atom stereocenters. The number of aromatic nitrogens is 3. The second-order valence-electron chi connectivity index (χ2n) is 3.48. The minimum absolute atomic E-state index is 0.145. The van der Waals surface area contributed by atoms with E-state index in [1.165, 1.54) is 12.1 Å². The molecule has 2 aromatic rings. The Bertz CT molecular complexity index is 620. The van der Waals surface area contributed by atoms with Crippen LogP contribution in [0.2, 0.25) is 0 Å². The van der Waals surface area contributed by atoms with E-state index in [-0.39, 0.29) is 11.4 Å². The van der Waals surface area contributed by atoms with E-state index in [0.29, 0.717) is 0 Å². The van der Waals surface area contributed by atoms with Crippen LogP contribution in [-0.2, 0) is 6.18 Å². The highest BCUT2D eigenvalue weighted by Gasteiger charge is 2.37. The van der Waals surface area contributed by atoms with Crippen LogP contribution in [0.3, 0.4) is 0 Å². The number of hydrogen-bond donors (Lipinski definition) is 1. The summed E-state index contributed by atoms with van der Waals surface area (Å²) in [5.41, 5.74) is 5.27. The maximum absolute atomic E-state index is 12.4. The van der Waals surface area contributed by atoms with E-state index >= 15 is 0 Å². The van der Waals surface area contributed by atoms with E-state index in [9.17, 15) is 23.3 Å². The molecule has 0 radical (unpaired) electrons. The number of benzene rings is 1. The van der Waals surface area contributed by atoms with Gasteiger partial charge in [-0.25, -0.2) is 0 Å². The van der Waals surface area contributed by atoms with Crippen LogP contribution in [0.4, 0.5) is 24.8 Å². The van der Waals surface area contributed by atoms with Crippen LogP contribution in [-0.4, -0.2) is 19.7 Å². The fraction of sp³-hybridized carbons (Fsp3) is 0.111. The molecule has 0 fully saturated rings. The third-order valence-electron chi connectivity index (χ3n) is 2.19. The number of non-ortho nitro benzene ring substituents is 1. The van der Waals surface area contributed by atoms with Crippen LogP contribution in [0.1, 0.15) is 5.82 Å². The molecule has 0 aliphatic carbocycles. The van der Waals surface area contributed by atoms with Gasteiger partial charge in [0.15, 0.2) is 0 Å². The average Bonchev–Trinajstić information content (AvgIpc) is 2.71. The molecule has 2 N–H and O–H groups in total. The van der Waals surface area contributed by atoms with E-state index in [0.717, 1.165) is 16.8 Å². The molecule has 100 valence electrons. The minimum Gasteiger partial charge on any atom is -0.368 e. The molecule has 7 nitrogen and oxygen atoms in total. The summed E-state index contributed by atoms with van der Waals surface area (Å²) in [5.74, 6) is -1.83. The number of nitrogens with two attached hydrogens (primary N) is 1. The van der Waals surface area contributed by atoms with Crippen LogP contribution in [0.5, 0.6) is 0 Å². The van der Waals surface area contributed by atoms with Crippen LogP contribution < -0.4 is 5.73 Å². The smallest absolute Gasteiger partial charge is 0.368 e. The Morgan fingerprint density at radius 3 is 2.26 bits per heavy atom. The molecule has 1 aromatic carbocycles. The molecule has 0 aliphatic rings. The standard InChI is InChI=1S/C9H6F3N5O2/c10-9(11,12)7-14-8(13)16(15-7)5-1-3-6(4-2-5)17(18)19/h1-4H,(H2,13,14,15). The molecular formula is C9H6F3N5O2. The molecule has 19 heavy (non-hydrogen) atoms. The number of nitro groups is 1. The van der Waals surface area contributed by atoms with Gasteiger partial charge >= 0.3 is 6.18 Å². The van der Waals surface area contributed by atoms with Crippen molar-refractivity contribution in [1.29, 1.82) is 0 Å². The molecule has 0 amide bonds. The third kappa shape index (κ3) is 2.46. The Morgan fingerprint density at radius 1 is 1.26 bits per heavy atom. The quantitative estimate of drug-likeness (QED) is 0.664. The lowest BCUT2D eigenvalue weighted by molar-refractivity contribution is -0.384. The highest BCUT2D eigenvalue weighted by molar-refractivity contribution is 5.43. The summed E-state index contributed by atoms with van der Waals surface area (Å²) in [5, 5.41) is 13.7. The molecule has 1 aromatic heterocycles. The predicted octanol–water partition coefficient (Wildman–Crippen LogP) is 1.78. The van der Waals surface area contributed by atoms with Gasteiger partial charge in [-0.05, 0) is 12.1 Å². The minimum atomic E-state index is -4.71. The van der Waals surface area contributed by atoms with Gasteiger partial charge in [0, 0.05) is 12.1 Å². The van der Waals surface area contributed by atoms with Crippen molar-refractivity contribution in [3.05, 3.63) is 40.2 Å². The molecule has 2 rings (SSSR count). The normalized spacial score (nSPS) is 11.5. The summed E-state index contributed by atoms with van der Waals surface area (Å²) in [6, 6.07) is 4.71. The van der Waals surface area contributed by atoms with Gasteiger partial charge in [0.2, 0.25) is 5.95 Å². The number of nitro benzene ring substituents is 1. The summed E-state index contributed by atoms with van der Waals surface area (Å²) in [4.78, 5) is 12.9. The van der Waals surface area contributed by atoms with Crippen molar-refractivity contribution in [3.8, 4) is 5.69 Å². The second-order valence-corrected chi connectivity index (χ2v) is 3.48. The van der Waals surface area contributed by atoms with Gasteiger partial charge < -0.3 is 5.73 Å². The monoisotopic (exact) mass is 273 g/mol. The maximum atomic E-state index is 12.4. The maximum Gasteiger partial charge on any atom is 0.453 e. The zero-order valence-corrected chi connectivity index (χ0v) is 9.13. The molecule has 10 heteroatoms. The lowest BCUT2D eigenvalue weighted by atomic mass is 10.3. The number of alkyl halides is 3. The topological polar surface area (TPSA) is 99.9 Å². The molecular weight excluding hydrogens is 267 g/mol. The van der Waals surface area contributed by atoms with Crippen molar-refractivity contribution in [2.75, 3.05) is 5.73 Å². The summed E-state index contributed by atoms with van der Waals surface area (Å²) in [6.07, 6.45) is -4.71. The first kappa shape index (κ1) is 12.8. The average molecular weight is 273 g/mol. The van der Waals surface area contributed by atoms with E-state index in [2.05, 4.69) is 10.1 Å². The Kier molecular flexibility index (Phi) is 2.85. The first-order valence-corrected chi connectivity index (χ1v) is 4.83. The van der Waals surface area contributed by atoms with Crippen LogP contribution in [0.15, 0.2) is 24.3 Å². The molecule has 0 unspecified atom stereocenters. The summed E-state index contributed by atoms with van der Waals surface area (Å²) < 4.78 is 37.9. The molecule has 0 saturated heterocycles. The van der Waals surface area contributed by atoms with Crippen molar-refractivity contribution < 1.29 is 18.1 Å². The summed E-state index contributed by atoms with van der Waals surface area (Å²) in [7, 11) is 0. The molecule has 0 bridgehead atoms. The number of nitrogens with zero attached hydrogens (tertiary/aromatic N) is 4. The Labute approximate surface area is 103 Å². The highest BCUT2D eigenvalue weighted by Crippen LogP contribution is 2.28. The van der Waals surface area contributed by atoms with Crippen LogP contribution in [0, 0.1) is 10.1 Å². The second kappa shape index (κ2) is 4.23. The highest BCUT2D eigenvalue weighted by atomic mass is 19.4. The molecule has 0 spiro atoms. The molecule has 0 saturated carbocycles. The first-order valence-electron chi connectivity index (χ1n) is 4.83. The predicted molar refractivity (Wildman–Crippen MR) is 57.4 cm³/mol. The van der Waals surface area contributed by atoms with Crippen molar-refractivity contribution in [1.82, 2.24) is 14.8 Å². The van der Waals surface area contributed by atoms with Crippen molar-refractivity contribution in [3.63, 3.8) is 0 Å². The Hall–Kier alpha value is -2.65. The van der Waals surface area contributed by atoms with E-state index in [1.807, 2.05) is 0 Å². The Morgan fingerprint density at radius 2 is 1.84 bits per heavy atom. The zero-order chi connectivity index (χ0) is 14.2. The largest absolute Gasteiger partial charge is 0.453 e. The third-order valence-corrected chi connectivity index (χ3v) is 2.19. The van der Waals surface area contributed by atoms with Crippen LogP contribution in [0.25, 0.3) is 5.69 Å². The van der Waals surface area contributed by atoms with Gasteiger partial charge in [0.1, 0.15) is 0 Å². The summed E-state index contributed by atoms with van der Waals surface area (Å²) in [6.45, 7) is 0. The van der Waals surface area contributed by atoms with E-state index < -0.39 is 22.9 Å². The van der Waals surface area contributed by atoms with Gasteiger partial charge in [-0.3, -0.25) is 10.1 Å². The van der Waals surface area contributed by atoms with Gasteiger partial charge in [-0.2, -0.15) is 22.8 Å². The fourth-order valence-corrected chi connectivity index (χ4v) is 1.35. The lowest BCUT2D eigenvalue weighted by Gasteiger charge is -2.02. The fourth-order valence-electron chi connectivity index (χ4n) is 1.35. The number of halogens is 3. The van der Waals surface area contributed by atoms with Crippen molar-refractivity contribution in [2.45, 2.75) is 6.18 Å². The molecule has 1 heterocycles. The van der Waals surface area contributed by atoms with Crippen LogP contribution >= 0.6 is 0 Å². The lowest BCUT2D eigenvalue weighted by Crippen LogP contribution is -2.08. The van der Waals surface area contributed by atoms with Crippen molar-refractivity contribution in [2.24, 2.45) is 0 Å². The zero-order valence-electron chi connectivity index (χ0n) is 9.13. The van der Waals surface area contributed by atoms with Gasteiger partial charge in [0.25, 0.3) is 11.5 Å². The van der Waals surface area contributed by atoms with Crippen molar-refractivity contribution >= 4 is 11.6 Å². The van der Waals surface area contributed by atoms with Gasteiger partial charge in [0.05, 0.1) is 10.6 Å². The van der Waals surface area contributed by atoms with Gasteiger partial charge in [-0.1, -0.05) is 0 Å². The first-order chi connectivity index (χ1) is 8.79.